The van der Waals surface area contributed by atoms with Gasteiger partial charge in [0, 0.05) is 38.4 Å². The van der Waals surface area contributed by atoms with Crippen LogP contribution in [0.25, 0.3) is 0 Å². The molecule has 6 heteroatoms. The highest BCUT2D eigenvalue weighted by atomic mass is 19.1. The number of piperazine rings is 1. The zero-order valence-corrected chi connectivity index (χ0v) is 16.5. The third-order valence-corrected chi connectivity index (χ3v) is 6.47. The molecule has 152 valence electrons. The molecule has 2 aromatic rings. The minimum absolute atomic E-state index is 0.0924. The van der Waals surface area contributed by atoms with Crippen LogP contribution in [0, 0.1) is 11.7 Å². The summed E-state index contributed by atoms with van der Waals surface area (Å²) in [4.78, 5) is 19.8. The second-order valence-electron chi connectivity index (χ2n) is 8.04. The Hall–Kier alpha value is -2.60. The average Bonchev–Trinajstić information content (AvgIpc) is 2.78. The predicted octanol–water partition coefficient (Wildman–Crippen LogP) is 2.55. The van der Waals surface area contributed by atoms with Crippen LogP contribution in [0.1, 0.15) is 5.56 Å². The van der Waals surface area contributed by atoms with Crippen molar-refractivity contribution < 1.29 is 13.9 Å². The quantitative estimate of drug-likeness (QED) is 0.783. The third kappa shape index (κ3) is 3.35. The lowest BCUT2D eigenvalue weighted by Gasteiger charge is -2.47. The summed E-state index contributed by atoms with van der Waals surface area (Å²) in [5.41, 5.74) is 3.11. The van der Waals surface area contributed by atoms with Gasteiger partial charge in [-0.3, -0.25) is 4.79 Å². The molecule has 0 aromatic heterocycles. The summed E-state index contributed by atoms with van der Waals surface area (Å²) in [6, 6.07) is 15.4. The molecule has 5 rings (SSSR count). The van der Waals surface area contributed by atoms with Gasteiger partial charge in [-0.25, -0.2) is 4.39 Å². The second-order valence-corrected chi connectivity index (χ2v) is 8.04. The molecule has 3 heterocycles. The highest BCUT2D eigenvalue weighted by Gasteiger charge is 2.42. The maximum atomic E-state index is 14.1. The van der Waals surface area contributed by atoms with Crippen molar-refractivity contribution in [2.45, 2.75) is 12.5 Å². The third-order valence-electron chi connectivity index (χ3n) is 6.47. The average molecular weight is 395 g/mol. The van der Waals surface area contributed by atoms with Gasteiger partial charge in [0.05, 0.1) is 30.9 Å². The summed E-state index contributed by atoms with van der Waals surface area (Å²) in [5.74, 6) is -0.0930. The van der Waals surface area contributed by atoms with Crippen molar-refractivity contribution in [3.63, 3.8) is 0 Å². The van der Waals surface area contributed by atoms with Crippen LogP contribution in [0.2, 0.25) is 0 Å². The van der Waals surface area contributed by atoms with Crippen LogP contribution in [-0.2, 0) is 16.0 Å². The molecule has 0 N–H and O–H groups in total. The van der Waals surface area contributed by atoms with Crippen LogP contribution in [0.4, 0.5) is 15.8 Å². The minimum Gasteiger partial charge on any atom is -0.377 e. The van der Waals surface area contributed by atoms with Crippen LogP contribution >= 0.6 is 0 Å². The number of morpholine rings is 1. The van der Waals surface area contributed by atoms with Crippen molar-refractivity contribution >= 4 is 17.3 Å². The summed E-state index contributed by atoms with van der Waals surface area (Å²) in [6.07, 6.45) is 0.757. The molecule has 2 fully saturated rings. The first-order valence-electron chi connectivity index (χ1n) is 10.4. The smallest absolute Gasteiger partial charge is 0.228 e. The highest BCUT2D eigenvalue weighted by molar-refractivity contribution is 5.82. The summed E-state index contributed by atoms with van der Waals surface area (Å²) in [6.45, 7) is 4.68. The number of fused-ring (bicyclic) bond motifs is 3. The van der Waals surface area contributed by atoms with Crippen molar-refractivity contribution in [2.24, 2.45) is 5.92 Å². The topological polar surface area (TPSA) is 36.0 Å². The largest absolute Gasteiger partial charge is 0.377 e. The van der Waals surface area contributed by atoms with Crippen molar-refractivity contribution in [1.29, 1.82) is 0 Å². The van der Waals surface area contributed by atoms with Gasteiger partial charge in [-0.15, -0.1) is 0 Å². The van der Waals surface area contributed by atoms with Gasteiger partial charge in [-0.2, -0.15) is 0 Å². The number of ether oxygens (including phenoxy) is 1. The number of carbonyl (C=O) groups excluding carboxylic acids is 1. The van der Waals surface area contributed by atoms with Crippen LogP contribution in [0.5, 0.6) is 0 Å². The number of rotatable bonds is 2. The van der Waals surface area contributed by atoms with Crippen LogP contribution in [0.15, 0.2) is 48.5 Å². The molecular weight excluding hydrogens is 369 g/mol. The number of amides is 1. The molecule has 2 atom stereocenters. The van der Waals surface area contributed by atoms with E-state index in [2.05, 4.69) is 23.1 Å². The maximum Gasteiger partial charge on any atom is 0.228 e. The standard InChI is InChI=1S/C23H26FN3O2/c24-19-6-2-4-8-21(19)25-9-11-26(12-10-25)23(28)18-15-17-5-1-3-7-20(17)27-13-14-29-16-22(18)27/h1-8,18,22H,9-16H2. The van der Waals surface area contributed by atoms with Crippen molar-refractivity contribution in [3.05, 3.63) is 59.9 Å². The zero-order chi connectivity index (χ0) is 19.8. The second kappa shape index (κ2) is 7.67. The number of halogens is 1. The Balaban J connectivity index is 1.31. The Labute approximate surface area is 170 Å². The van der Waals surface area contributed by atoms with Crippen molar-refractivity contribution in [1.82, 2.24) is 4.90 Å². The number of benzene rings is 2. The number of hydrogen-bond donors (Lipinski definition) is 0. The Kier molecular flexibility index (Phi) is 4.87. The van der Waals surface area contributed by atoms with Gasteiger partial charge >= 0.3 is 0 Å². The number of nitrogens with zero attached hydrogens (tertiary/aromatic N) is 3. The van der Waals surface area contributed by atoms with Gasteiger partial charge in [0.25, 0.3) is 0 Å². The lowest BCUT2D eigenvalue weighted by Crippen LogP contribution is -2.59. The first-order chi connectivity index (χ1) is 14.2. The van der Waals surface area contributed by atoms with E-state index in [0.29, 0.717) is 45.1 Å². The predicted molar refractivity (Wildman–Crippen MR) is 111 cm³/mol. The summed E-state index contributed by atoms with van der Waals surface area (Å²) in [5, 5.41) is 0. The molecule has 1 amide bonds. The molecule has 0 aliphatic carbocycles. The van der Waals surface area contributed by atoms with Crippen LogP contribution in [0.3, 0.4) is 0 Å². The maximum absolute atomic E-state index is 14.1. The van der Waals surface area contributed by atoms with Gasteiger partial charge in [0.1, 0.15) is 5.82 Å². The molecule has 3 aliphatic heterocycles. The fourth-order valence-electron chi connectivity index (χ4n) is 4.95. The zero-order valence-electron chi connectivity index (χ0n) is 16.5. The van der Waals surface area contributed by atoms with Gasteiger partial charge in [0.15, 0.2) is 0 Å². The first-order valence-corrected chi connectivity index (χ1v) is 10.4. The molecular formula is C23H26FN3O2. The van der Waals surface area contributed by atoms with Gasteiger partial charge in [-0.1, -0.05) is 30.3 Å². The lowest BCUT2D eigenvalue weighted by molar-refractivity contribution is -0.137. The normalized spacial score (nSPS) is 24.1. The minimum atomic E-state index is -0.203. The van der Waals surface area contributed by atoms with E-state index in [0.717, 1.165) is 13.0 Å². The first kappa shape index (κ1) is 18.4. The van der Waals surface area contributed by atoms with E-state index in [1.807, 2.05) is 28.0 Å². The SMILES string of the molecule is O=C(C1Cc2ccccc2N2CCOCC12)N1CCN(c2ccccc2F)CC1. The molecule has 0 radical (unpaired) electrons. The van der Waals surface area contributed by atoms with E-state index in [4.69, 9.17) is 4.74 Å². The van der Waals surface area contributed by atoms with Crippen molar-refractivity contribution in [2.75, 3.05) is 55.7 Å². The number of anilines is 2. The van der Waals surface area contributed by atoms with Gasteiger partial charge in [-0.05, 0) is 30.2 Å². The van der Waals surface area contributed by atoms with Crippen molar-refractivity contribution in [3.8, 4) is 0 Å². The molecule has 2 unspecified atom stereocenters. The van der Waals surface area contributed by atoms with E-state index < -0.39 is 0 Å². The Bertz CT molecular complexity index is 897. The van der Waals surface area contributed by atoms with E-state index in [9.17, 15) is 9.18 Å². The molecule has 0 spiro atoms. The molecule has 2 aromatic carbocycles. The molecule has 29 heavy (non-hydrogen) atoms. The van der Waals surface area contributed by atoms with Crippen LogP contribution < -0.4 is 9.80 Å². The summed E-state index contributed by atoms with van der Waals surface area (Å²) < 4.78 is 19.9. The van der Waals surface area contributed by atoms with Crippen LogP contribution in [-0.4, -0.2) is 62.8 Å². The number of carbonyl (C=O) groups is 1. The summed E-state index contributed by atoms with van der Waals surface area (Å²) in [7, 11) is 0. The number of para-hydroxylation sites is 2. The highest BCUT2D eigenvalue weighted by Crippen LogP contribution is 2.36. The monoisotopic (exact) mass is 395 g/mol. The Morgan fingerprint density at radius 1 is 0.931 bits per heavy atom. The number of hydrogen-bond acceptors (Lipinski definition) is 4. The molecule has 0 bridgehead atoms. The molecule has 2 saturated heterocycles. The Morgan fingerprint density at radius 2 is 1.66 bits per heavy atom. The van der Waals surface area contributed by atoms with E-state index in [-0.39, 0.29) is 23.7 Å². The fourth-order valence-corrected chi connectivity index (χ4v) is 4.95. The van der Waals surface area contributed by atoms with E-state index in [1.165, 1.54) is 17.3 Å². The van der Waals surface area contributed by atoms with Gasteiger partial charge < -0.3 is 19.4 Å². The molecule has 0 saturated carbocycles. The summed E-state index contributed by atoms with van der Waals surface area (Å²) >= 11 is 0. The van der Waals surface area contributed by atoms with E-state index in [1.54, 1.807) is 6.07 Å². The van der Waals surface area contributed by atoms with E-state index >= 15 is 0 Å². The fraction of sp³-hybridized carbons (Fsp3) is 0.435. The lowest BCUT2D eigenvalue weighted by atomic mass is 9.84. The molecule has 5 nitrogen and oxygen atoms in total. The molecule has 3 aliphatic rings. The van der Waals surface area contributed by atoms with Gasteiger partial charge in [0.2, 0.25) is 5.91 Å². The Morgan fingerprint density at radius 3 is 2.45 bits per heavy atom.